The average Bonchev–Trinajstić information content (AvgIpc) is 2.05. The molecule has 5 nitrogen and oxygen atoms in total. The number of hydrogen-bond acceptors (Lipinski definition) is 4. The normalized spacial score (nSPS) is 9.55. The van der Waals surface area contributed by atoms with Crippen molar-refractivity contribution in [2.45, 2.75) is 6.61 Å². The number of hydrogen-bond donors (Lipinski definition) is 2. The highest BCUT2D eigenvalue weighted by atomic mass is 16.4. The highest BCUT2D eigenvalue weighted by molar-refractivity contribution is 5.86. The third kappa shape index (κ3) is 1.71. The summed E-state index contributed by atoms with van der Waals surface area (Å²) >= 11 is 0. The molecule has 0 aromatic carbocycles. The Bertz CT molecular complexity index is 257. The summed E-state index contributed by atoms with van der Waals surface area (Å²) in [6.07, 6.45) is 2.31. The molecule has 0 saturated heterocycles. The molecular formula is C6H6N2O3. The minimum atomic E-state index is -1.07. The summed E-state index contributed by atoms with van der Waals surface area (Å²) in [5.74, 6) is -0.857. The van der Waals surface area contributed by atoms with Crippen LogP contribution in [0.2, 0.25) is 0 Å². The molecule has 1 aromatic heterocycles. The van der Waals surface area contributed by atoms with Crippen LogP contribution in [-0.2, 0) is 6.61 Å². The van der Waals surface area contributed by atoms with Crippen molar-refractivity contribution in [3.8, 4) is 0 Å². The zero-order valence-corrected chi connectivity index (χ0v) is 5.56. The van der Waals surface area contributed by atoms with Crippen molar-refractivity contribution in [3.05, 3.63) is 23.8 Å². The summed E-state index contributed by atoms with van der Waals surface area (Å²) in [6.45, 7) is -0.278. The van der Waals surface area contributed by atoms with Crippen LogP contribution in [0, 0.1) is 0 Å². The van der Waals surface area contributed by atoms with Crippen molar-refractivity contribution < 1.29 is 15.0 Å². The molecule has 0 bridgehead atoms. The molecule has 0 unspecified atom stereocenters. The summed E-state index contributed by atoms with van der Waals surface area (Å²) in [5, 5.41) is 16.9. The molecule has 0 spiro atoms. The molecule has 2 N–H and O–H groups in total. The molecule has 0 radical (unpaired) electrons. The third-order valence-corrected chi connectivity index (χ3v) is 1.09. The topological polar surface area (TPSA) is 83.3 Å². The van der Waals surface area contributed by atoms with Crippen LogP contribution in [0.5, 0.6) is 0 Å². The van der Waals surface area contributed by atoms with Gasteiger partial charge in [-0.2, -0.15) is 0 Å². The number of aliphatic hydroxyl groups is 1. The van der Waals surface area contributed by atoms with Crippen LogP contribution in [0.15, 0.2) is 12.4 Å². The molecule has 0 saturated carbocycles. The number of aromatic carboxylic acids is 1. The molecule has 1 rings (SSSR count). The van der Waals surface area contributed by atoms with Gasteiger partial charge in [0.25, 0.3) is 0 Å². The van der Waals surface area contributed by atoms with E-state index in [9.17, 15) is 4.79 Å². The Labute approximate surface area is 62.4 Å². The maximum Gasteiger partial charge on any atom is 0.338 e. The van der Waals surface area contributed by atoms with Gasteiger partial charge in [-0.15, -0.1) is 0 Å². The first-order valence-corrected chi connectivity index (χ1v) is 2.89. The number of carboxylic acids is 1. The standard InChI is InChI=1S/C6H6N2O3/c9-3-5-7-1-4(2-8-5)6(10)11/h1-2,9H,3H2,(H,10,11). The van der Waals surface area contributed by atoms with Gasteiger partial charge in [-0.3, -0.25) is 0 Å². The zero-order valence-electron chi connectivity index (χ0n) is 5.56. The lowest BCUT2D eigenvalue weighted by molar-refractivity contribution is 0.0695. The minimum absolute atomic E-state index is 0.0159. The van der Waals surface area contributed by atoms with Gasteiger partial charge in [0.1, 0.15) is 6.61 Å². The van der Waals surface area contributed by atoms with Gasteiger partial charge in [-0.1, -0.05) is 0 Å². The maximum atomic E-state index is 10.3. The van der Waals surface area contributed by atoms with Gasteiger partial charge in [0, 0.05) is 12.4 Å². The second kappa shape index (κ2) is 3.07. The predicted molar refractivity (Wildman–Crippen MR) is 34.9 cm³/mol. The Morgan fingerprint density at radius 2 is 2.00 bits per heavy atom. The molecule has 0 amide bonds. The van der Waals surface area contributed by atoms with E-state index in [1.165, 1.54) is 0 Å². The summed E-state index contributed by atoms with van der Waals surface area (Å²) in [7, 11) is 0. The second-order valence-corrected chi connectivity index (χ2v) is 1.85. The number of nitrogens with zero attached hydrogens (tertiary/aromatic N) is 2. The average molecular weight is 154 g/mol. The third-order valence-electron chi connectivity index (χ3n) is 1.09. The molecule has 0 aliphatic rings. The monoisotopic (exact) mass is 154 g/mol. The van der Waals surface area contributed by atoms with Gasteiger partial charge in [0.15, 0.2) is 5.82 Å². The summed E-state index contributed by atoms with van der Waals surface area (Å²) in [4.78, 5) is 17.4. The van der Waals surface area contributed by atoms with Gasteiger partial charge in [0.2, 0.25) is 0 Å². The number of aliphatic hydroxyl groups excluding tert-OH is 1. The second-order valence-electron chi connectivity index (χ2n) is 1.85. The van der Waals surface area contributed by atoms with E-state index in [0.29, 0.717) is 0 Å². The molecule has 11 heavy (non-hydrogen) atoms. The first-order chi connectivity index (χ1) is 5.24. The van der Waals surface area contributed by atoms with Crippen molar-refractivity contribution in [2.75, 3.05) is 0 Å². The van der Waals surface area contributed by atoms with E-state index in [0.717, 1.165) is 12.4 Å². The van der Waals surface area contributed by atoms with Crippen LogP contribution in [-0.4, -0.2) is 26.2 Å². The zero-order chi connectivity index (χ0) is 8.27. The Morgan fingerprint density at radius 1 is 1.45 bits per heavy atom. The van der Waals surface area contributed by atoms with Crippen molar-refractivity contribution in [3.63, 3.8) is 0 Å². The number of carbonyl (C=O) groups is 1. The van der Waals surface area contributed by atoms with Crippen molar-refractivity contribution >= 4 is 5.97 Å². The molecule has 0 fully saturated rings. The number of aromatic nitrogens is 2. The Hall–Kier alpha value is -1.49. The first kappa shape index (κ1) is 7.62. The van der Waals surface area contributed by atoms with E-state index in [4.69, 9.17) is 10.2 Å². The molecule has 0 atom stereocenters. The van der Waals surface area contributed by atoms with Crippen LogP contribution in [0.25, 0.3) is 0 Å². The van der Waals surface area contributed by atoms with Crippen LogP contribution in [0.1, 0.15) is 16.2 Å². The molecule has 1 aromatic rings. The van der Waals surface area contributed by atoms with E-state index in [1.807, 2.05) is 0 Å². The Kier molecular flexibility index (Phi) is 2.12. The van der Waals surface area contributed by atoms with Crippen LogP contribution in [0.3, 0.4) is 0 Å². The van der Waals surface area contributed by atoms with Crippen molar-refractivity contribution in [2.24, 2.45) is 0 Å². The summed E-state index contributed by atoms with van der Waals surface area (Å²) < 4.78 is 0. The van der Waals surface area contributed by atoms with Gasteiger partial charge in [0.05, 0.1) is 5.56 Å². The smallest absolute Gasteiger partial charge is 0.338 e. The van der Waals surface area contributed by atoms with Crippen molar-refractivity contribution in [1.29, 1.82) is 0 Å². The SMILES string of the molecule is O=C(O)c1cnc(CO)nc1. The lowest BCUT2D eigenvalue weighted by Gasteiger charge is -1.93. The quantitative estimate of drug-likeness (QED) is 0.609. The Morgan fingerprint density at radius 3 is 2.36 bits per heavy atom. The fourth-order valence-corrected chi connectivity index (χ4v) is 0.547. The van der Waals surface area contributed by atoms with Crippen molar-refractivity contribution in [1.82, 2.24) is 9.97 Å². The molecule has 0 aliphatic carbocycles. The molecule has 5 heteroatoms. The first-order valence-electron chi connectivity index (χ1n) is 2.89. The maximum absolute atomic E-state index is 10.3. The molecule has 58 valence electrons. The van der Waals surface area contributed by atoms with Gasteiger partial charge < -0.3 is 10.2 Å². The van der Waals surface area contributed by atoms with E-state index in [1.54, 1.807) is 0 Å². The van der Waals surface area contributed by atoms with E-state index in [-0.39, 0.29) is 18.0 Å². The fraction of sp³-hybridized carbons (Fsp3) is 0.167. The van der Waals surface area contributed by atoms with Gasteiger partial charge >= 0.3 is 5.97 Å². The van der Waals surface area contributed by atoms with E-state index in [2.05, 4.69) is 9.97 Å². The number of rotatable bonds is 2. The van der Waals surface area contributed by atoms with Gasteiger partial charge in [-0.25, -0.2) is 14.8 Å². The van der Waals surface area contributed by atoms with Crippen LogP contribution in [0.4, 0.5) is 0 Å². The van der Waals surface area contributed by atoms with Gasteiger partial charge in [-0.05, 0) is 0 Å². The predicted octanol–water partition coefficient (Wildman–Crippen LogP) is -0.333. The lowest BCUT2D eigenvalue weighted by atomic mass is 10.3. The van der Waals surface area contributed by atoms with E-state index >= 15 is 0 Å². The highest BCUT2D eigenvalue weighted by Crippen LogP contribution is 1.94. The summed E-state index contributed by atoms with van der Waals surface area (Å²) in [5.41, 5.74) is 0.0159. The highest BCUT2D eigenvalue weighted by Gasteiger charge is 2.02. The lowest BCUT2D eigenvalue weighted by Crippen LogP contribution is -2.01. The van der Waals surface area contributed by atoms with Crippen LogP contribution >= 0.6 is 0 Å². The summed E-state index contributed by atoms with van der Waals surface area (Å²) in [6, 6.07) is 0. The minimum Gasteiger partial charge on any atom is -0.478 e. The largest absolute Gasteiger partial charge is 0.478 e. The Balaban J connectivity index is 2.91. The molecule has 0 aliphatic heterocycles. The fourth-order valence-electron chi connectivity index (χ4n) is 0.547. The molecular weight excluding hydrogens is 148 g/mol. The number of carboxylic acid groups (broad SMARTS) is 1. The van der Waals surface area contributed by atoms with E-state index < -0.39 is 5.97 Å². The molecule has 1 heterocycles. The van der Waals surface area contributed by atoms with Crippen LogP contribution < -0.4 is 0 Å².